The molecule has 0 aliphatic rings. The van der Waals surface area contributed by atoms with Gasteiger partial charge in [-0.2, -0.15) is 5.10 Å². The van der Waals surface area contributed by atoms with E-state index in [4.69, 9.17) is 0 Å². The predicted molar refractivity (Wildman–Crippen MR) is 67.8 cm³/mol. The lowest BCUT2D eigenvalue weighted by molar-refractivity contribution is 0.104. The van der Waals surface area contributed by atoms with Crippen LogP contribution in [0.1, 0.15) is 17.3 Å². The molecule has 0 bridgehead atoms. The Bertz CT molecular complexity index is 382. The van der Waals surface area contributed by atoms with Gasteiger partial charge >= 0.3 is 0 Å². The van der Waals surface area contributed by atoms with Crippen molar-refractivity contribution in [2.75, 3.05) is 14.1 Å². The number of aromatic nitrogens is 2. The maximum atomic E-state index is 11.7. The molecule has 1 heterocycles. The van der Waals surface area contributed by atoms with Gasteiger partial charge < -0.3 is 4.90 Å². The first kappa shape index (κ1) is 12.2. The fraction of sp³-hybridized carbons (Fsp3) is 0.400. The molecule has 0 amide bonds. The van der Waals surface area contributed by atoms with E-state index in [1.165, 1.54) is 0 Å². The lowest BCUT2D eigenvalue weighted by atomic mass is 10.2. The summed E-state index contributed by atoms with van der Waals surface area (Å²) in [4.78, 5) is 13.6. The molecule has 4 nitrogen and oxygen atoms in total. The number of carbonyl (C=O) groups excluding carboxylic acids is 1. The van der Waals surface area contributed by atoms with Crippen molar-refractivity contribution in [3.8, 4) is 0 Å². The quantitative estimate of drug-likeness (QED) is 0.482. The van der Waals surface area contributed by atoms with Crippen LogP contribution in [0.4, 0.5) is 0 Å². The van der Waals surface area contributed by atoms with Gasteiger partial charge in [-0.15, -0.1) is 0 Å². The van der Waals surface area contributed by atoms with E-state index in [1.54, 1.807) is 23.2 Å². The highest BCUT2D eigenvalue weighted by molar-refractivity contribution is 14.1. The van der Waals surface area contributed by atoms with Gasteiger partial charge in [0.15, 0.2) is 5.78 Å². The first-order valence-electron chi connectivity index (χ1n) is 4.66. The van der Waals surface area contributed by atoms with Gasteiger partial charge in [0, 0.05) is 39.1 Å². The molecular weight excluding hydrogens is 305 g/mol. The summed E-state index contributed by atoms with van der Waals surface area (Å²) < 4.78 is 2.52. The van der Waals surface area contributed by atoms with Gasteiger partial charge in [-0.05, 0) is 29.5 Å². The molecule has 15 heavy (non-hydrogen) atoms. The van der Waals surface area contributed by atoms with Gasteiger partial charge in [0.2, 0.25) is 0 Å². The van der Waals surface area contributed by atoms with Gasteiger partial charge in [0.25, 0.3) is 0 Å². The van der Waals surface area contributed by atoms with E-state index in [0.29, 0.717) is 5.56 Å². The second kappa shape index (κ2) is 5.29. The van der Waals surface area contributed by atoms with Crippen LogP contribution in [0.5, 0.6) is 0 Å². The molecule has 82 valence electrons. The third kappa shape index (κ3) is 3.33. The summed E-state index contributed by atoms with van der Waals surface area (Å²) in [6.07, 6.45) is 5.07. The molecule has 0 radical (unpaired) electrons. The number of rotatable bonds is 4. The minimum absolute atomic E-state index is 0.00667. The monoisotopic (exact) mass is 319 g/mol. The fourth-order valence-corrected chi connectivity index (χ4v) is 1.71. The minimum Gasteiger partial charge on any atom is -0.383 e. The summed E-state index contributed by atoms with van der Waals surface area (Å²) in [5.41, 5.74) is 0.663. The Kier molecular flexibility index (Phi) is 4.31. The molecule has 0 saturated heterocycles. The first-order valence-corrected chi connectivity index (χ1v) is 5.74. The number of halogens is 1. The van der Waals surface area contributed by atoms with E-state index < -0.39 is 0 Å². The lowest BCUT2D eigenvalue weighted by Crippen LogP contribution is -2.03. The van der Waals surface area contributed by atoms with Gasteiger partial charge in [-0.25, -0.2) is 0 Å². The Hall–Kier alpha value is -0.850. The molecular formula is C10H14IN3O. The van der Waals surface area contributed by atoms with E-state index in [1.807, 2.05) is 25.9 Å². The van der Waals surface area contributed by atoms with Crippen molar-refractivity contribution in [3.05, 3.63) is 27.7 Å². The number of ketones is 1. The van der Waals surface area contributed by atoms with Crippen molar-refractivity contribution in [1.29, 1.82) is 0 Å². The third-order valence-electron chi connectivity index (χ3n) is 1.83. The number of carbonyl (C=O) groups is 1. The summed E-state index contributed by atoms with van der Waals surface area (Å²) in [5.74, 6) is -0.00667. The molecule has 0 saturated carbocycles. The Balaban J connectivity index is 2.86. The largest absolute Gasteiger partial charge is 0.383 e. The van der Waals surface area contributed by atoms with Crippen LogP contribution in [0.25, 0.3) is 0 Å². The molecule has 1 aromatic rings. The van der Waals surface area contributed by atoms with Crippen molar-refractivity contribution in [1.82, 2.24) is 14.7 Å². The number of hydrogen-bond donors (Lipinski definition) is 0. The number of nitrogens with zero attached hydrogens (tertiary/aromatic N) is 3. The van der Waals surface area contributed by atoms with E-state index >= 15 is 0 Å². The topological polar surface area (TPSA) is 38.1 Å². The highest BCUT2D eigenvalue weighted by Crippen LogP contribution is 2.11. The molecule has 0 atom stereocenters. The van der Waals surface area contributed by atoms with Crippen LogP contribution in [0.2, 0.25) is 0 Å². The third-order valence-corrected chi connectivity index (χ3v) is 2.63. The molecule has 0 aliphatic heterocycles. The van der Waals surface area contributed by atoms with Crippen molar-refractivity contribution < 1.29 is 4.79 Å². The van der Waals surface area contributed by atoms with Gasteiger partial charge in [0.1, 0.15) is 3.70 Å². The molecule has 0 unspecified atom stereocenters. The molecule has 1 aromatic heterocycles. The summed E-state index contributed by atoms with van der Waals surface area (Å²) in [7, 11) is 3.76. The normalized spacial score (nSPS) is 10.9. The second-order valence-corrected chi connectivity index (χ2v) is 4.35. The van der Waals surface area contributed by atoms with Crippen LogP contribution in [0.15, 0.2) is 18.5 Å². The molecule has 0 aromatic carbocycles. The number of hydrogen-bond acceptors (Lipinski definition) is 3. The van der Waals surface area contributed by atoms with Gasteiger partial charge in [0.05, 0.1) is 5.56 Å². The SMILES string of the molecule is CCn1cc(C(=O)/C=C/N(C)C)c(I)n1. The van der Waals surface area contributed by atoms with E-state index in [-0.39, 0.29) is 5.78 Å². The second-order valence-electron chi connectivity index (χ2n) is 3.33. The van der Waals surface area contributed by atoms with Crippen LogP contribution in [0.3, 0.4) is 0 Å². The highest BCUT2D eigenvalue weighted by Gasteiger charge is 2.11. The van der Waals surface area contributed by atoms with Gasteiger partial charge in [-0.1, -0.05) is 0 Å². The molecule has 0 aliphatic carbocycles. The van der Waals surface area contributed by atoms with E-state index in [0.717, 1.165) is 10.2 Å². The Morgan fingerprint density at radius 3 is 2.80 bits per heavy atom. The van der Waals surface area contributed by atoms with Crippen LogP contribution in [0, 0.1) is 3.70 Å². The standard InChI is InChI=1S/C10H14IN3O/c1-4-14-7-8(10(11)12-14)9(15)5-6-13(2)3/h5-7H,4H2,1-3H3/b6-5+. The molecule has 0 spiro atoms. The highest BCUT2D eigenvalue weighted by atomic mass is 127. The minimum atomic E-state index is -0.00667. The molecule has 1 rings (SSSR count). The van der Waals surface area contributed by atoms with Crippen LogP contribution in [-0.2, 0) is 6.54 Å². The lowest BCUT2D eigenvalue weighted by Gasteiger charge is -2.01. The summed E-state index contributed by atoms with van der Waals surface area (Å²) in [6.45, 7) is 2.77. The van der Waals surface area contributed by atoms with Crippen molar-refractivity contribution in [2.45, 2.75) is 13.5 Å². The van der Waals surface area contributed by atoms with Crippen molar-refractivity contribution >= 4 is 28.4 Å². The van der Waals surface area contributed by atoms with Crippen LogP contribution in [-0.4, -0.2) is 34.6 Å². The molecule has 5 heteroatoms. The zero-order valence-electron chi connectivity index (χ0n) is 9.07. The zero-order chi connectivity index (χ0) is 11.4. The zero-order valence-corrected chi connectivity index (χ0v) is 11.2. The number of aryl methyl sites for hydroxylation is 1. The van der Waals surface area contributed by atoms with Crippen LogP contribution < -0.4 is 0 Å². The van der Waals surface area contributed by atoms with E-state index in [9.17, 15) is 4.79 Å². The van der Waals surface area contributed by atoms with Crippen molar-refractivity contribution in [3.63, 3.8) is 0 Å². The van der Waals surface area contributed by atoms with E-state index in [2.05, 4.69) is 27.7 Å². The van der Waals surface area contributed by atoms with Crippen LogP contribution >= 0.6 is 22.6 Å². The number of allylic oxidation sites excluding steroid dienone is 1. The first-order chi connectivity index (χ1) is 7.04. The Morgan fingerprint density at radius 1 is 1.67 bits per heavy atom. The average molecular weight is 319 g/mol. The maximum Gasteiger partial charge on any atom is 0.191 e. The maximum absolute atomic E-state index is 11.7. The molecule has 0 fully saturated rings. The smallest absolute Gasteiger partial charge is 0.191 e. The summed E-state index contributed by atoms with van der Waals surface area (Å²) in [6, 6.07) is 0. The predicted octanol–water partition coefficient (Wildman–Crippen LogP) is 1.77. The van der Waals surface area contributed by atoms with Gasteiger partial charge in [-0.3, -0.25) is 9.48 Å². The summed E-state index contributed by atoms with van der Waals surface area (Å²) in [5, 5.41) is 4.21. The fourth-order valence-electron chi connectivity index (χ4n) is 1.03. The summed E-state index contributed by atoms with van der Waals surface area (Å²) >= 11 is 2.08. The Morgan fingerprint density at radius 2 is 2.33 bits per heavy atom. The molecule has 0 N–H and O–H groups in total. The average Bonchev–Trinajstić information content (AvgIpc) is 2.56. The van der Waals surface area contributed by atoms with Crippen molar-refractivity contribution in [2.24, 2.45) is 0 Å². The Labute approximate surface area is 103 Å².